The predicted molar refractivity (Wildman–Crippen MR) is 177 cm³/mol. The molecule has 1 aromatic heterocycles. The molecule has 6 rings (SSSR count). The van der Waals surface area contributed by atoms with Crippen LogP contribution >= 0.6 is 11.6 Å². The van der Waals surface area contributed by atoms with E-state index in [0.29, 0.717) is 42.6 Å². The van der Waals surface area contributed by atoms with E-state index in [1.54, 1.807) is 17.2 Å². The Morgan fingerprint density at radius 1 is 0.909 bits per heavy atom. The van der Waals surface area contributed by atoms with Crippen LogP contribution < -0.4 is 21.1 Å². The summed E-state index contributed by atoms with van der Waals surface area (Å²) in [5.41, 5.74) is 4.85. The minimum absolute atomic E-state index is 0.164. The fourth-order valence-electron chi connectivity index (χ4n) is 5.88. The van der Waals surface area contributed by atoms with Crippen LogP contribution in [0.15, 0.2) is 89.9 Å². The van der Waals surface area contributed by atoms with Gasteiger partial charge in [0, 0.05) is 62.6 Å². The second-order valence-electron chi connectivity index (χ2n) is 11.5. The number of aryl methyl sites for hydroxylation is 1. The quantitative estimate of drug-likeness (QED) is 0.282. The molecule has 2 aliphatic rings. The highest BCUT2D eigenvalue weighted by atomic mass is 35.5. The van der Waals surface area contributed by atoms with Crippen molar-refractivity contribution in [2.24, 2.45) is 0 Å². The minimum atomic E-state index is -0.170. The van der Waals surface area contributed by atoms with E-state index >= 15 is 0 Å². The lowest BCUT2D eigenvalue weighted by atomic mass is 10.0. The number of nitrogens with one attached hydrogen (secondary N) is 2. The lowest BCUT2D eigenvalue weighted by molar-refractivity contribution is 0.208. The molecule has 0 bridgehead atoms. The number of hydrogen-bond donors (Lipinski definition) is 2. The van der Waals surface area contributed by atoms with E-state index in [-0.39, 0.29) is 17.6 Å². The highest BCUT2D eigenvalue weighted by molar-refractivity contribution is 6.31. The number of amides is 2. The molecule has 2 fully saturated rings. The van der Waals surface area contributed by atoms with Crippen LogP contribution in [0.3, 0.4) is 0 Å². The molecule has 2 aliphatic heterocycles. The van der Waals surface area contributed by atoms with Crippen molar-refractivity contribution in [3.8, 4) is 5.69 Å². The Balaban J connectivity index is 1.16. The van der Waals surface area contributed by atoms with Gasteiger partial charge in [-0.2, -0.15) is 9.78 Å². The first-order valence-corrected chi connectivity index (χ1v) is 15.6. The maximum Gasteiger partial charge on any atom is 0.321 e. The second-order valence-corrected chi connectivity index (χ2v) is 11.9. The molecule has 0 spiro atoms. The molecule has 2 N–H and O–H groups in total. The summed E-state index contributed by atoms with van der Waals surface area (Å²) in [6.07, 6.45) is 3.66. The molecule has 3 heterocycles. The van der Waals surface area contributed by atoms with E-state index in [1.807, 2.05) is 55.5 Å². The van der Waals surface area contributed by atoms with Crippen LogP contribution in [0.2, 0.25) is 5.02 Å². The van der Waals surface area contributed by atoms with Crippen molar-refractivity contribution in [3.05, 3.63) is 112 Å². The van der Waals surface area contributed by atoms with Crippen LogP contribution in [0.4, 0.5) is 21.9 Å². The molecule has 2 saturated heterocycles. The molecule has 3 aromatic carbocycles. The summed E-state index contributed by atoms with van der Waals surface area (Å²) in [4.78, 5) is 33.4. The van der Waals surface area contributed by atoms with Crippen molar-refractivity contribution in [2.45, 2.75) is 32.4 Å². The third-order valence-corrected chi connectivity index (χ3v) is 8.88. The Morgan fingerprint density at radius 3 is 2.27 bits per heavy atom. The molecule has 0 unspecified atom stereocenters. The first kappa shape index (κ1) is 29.7. The number of carbonyl (C=O) groups is 1. The monoisotopic (exact) mass is 611 g/mol. The van der Waals surface area contributed by atoms with Crippen LogP contribution in [0.5, 0.6) is 0 Å². The summed E-state index contributed by atoms with van der Waals surface area (Å²) >= 11 is 6.24. The van der Waals surface area contributed by atoms with Gasteiger partial charge in [-0.3, -0.25) is 9.69 Å². The van der Waals surface area contributed by atoms with Crippen molar-refractivity contribution in [1.29, 1.82) is 0 Å². The van der Waals surface area contributed by atoms with Crippen LogP contribution in [0, 0.1) is 6.92 Å². The van der Waals surface area contributed by atoms with E-state index in [1.165, 1.54) is 10.2 Å². The number of carbonyl (C=O) groups excluding carboxylic acids is 1. The summed E-state index contributed by atoms with van der Waals surface area (Å²) in [6.45, 7) is 6.99. The molecule has 2 amide bonds. The van der Waals surface area contributed by atoms with Gasteiger partial charge < -0.3 is 20.4 Å². The highest BCUT2D eigenvalue weighted by Gasteiger charge is 2.27. The number of halogens is 1. The first-order chi connectivity index (χ1) is 21.4. The van der Waals surface area contributed by atoms with Crippen molar-refractivity contribution in [3.63, 3.8) is 0 Å². The van der Waals surface area contributed by atoms with Crippen LogP contribution in [-0.4, -0.2) is 70.9 Å². The lowest BCUT2D eigenvalue weighted by Crippen LogP contribution is -2.50. The molecule has 44 heavy (non-hydrogen) atoms. The van der Waals surface area contributed by atoms with Crippen molar-refractivity contribution < 1.29 is 4.79 Å². The number of piperidine rings is 1. The fourth-order valence-corrected chi connectivity index (χ4v) is 6.06. The third-order valence-electron chi connectivity index (χ3n) is 8.47. The molecule has 9 nitrogen and oxygen atoms in total. The zero-order valence-electron chi connectivity index (χ0n) is 25.0. The van der Waals surface area contributed by atoms with E-state index in [0.717, 1.165) is 49.4 Å². The van der Waals surface area contributed by atoms with Crippen molar-refractivity contribution in [2.75, 3.05) is 54.8 Å². The average molecular weight is 612 g/mol. The standard InChI is InChI=1S/C34H38ClN7O2/c1-25-12-13-28(22-30(25)35)38-34(44)41-20-18-40(19-21-41)31-23-36-42(29-10-6-3-7-11-29)33(43)32(31)37-27-14-16-39(17-15-27)24-26-8-4-2-5-9-26/h2-13,22-23,27,37H,14-21,24H2,1H3,(H,38,44). The van der Waals surface area contributed by atoms with Crippen LogP contribution in [0.1, 0.15) is 24.0 Å². The molecule has 0 atom stereocenters. The Bertz CT molecular complexity index is 1630. The number of benzene rings is 3. The normalized spacial score (nSPS) is 16.1. The predicted octanol–water partition coefficient (Wildman–Crippen LogP) is 5.62. The number of urea groups is 1. The SMILES string of the molecule is Cc1ccc(NC(=O)N2CCN(c3cnn(-c4ccccc4)c(=O)c3NC3CCN(Cc4ccccc4)CC3)CC2)cc1Cl. The van der Waals surface area contributed by atoms with Crippen molar-refractivity contribution in [1.82, 2.24) is 19.6 Å². The van der Waals surface area contributed by atoms with E-state index in [2.05, 4.69) is 49.8 Å². The maximum atomic E-state index is 14.0. The molecule has 0 radical (unpaired) electrons. The zero-order valence-corrected chi connectivity index (χ0v) is 25.7. The fraction of sp³-hybridized carbons (Fsp3) is 0.324. The number of nitrogens with zero attached hydrogens (tertiary/aromatic N) is 5. The van der Waals surface area contributed by atoms with Gasteiger partial charge in [0.05, 0.1) is 17.6 Å². The molecular weight excluding hydrogens is 574 g/mol. The number of aromatic nitrogens is 2. The molecule has 0 saturated carbocycles. The summed E-state index contributed by atoms with van der Waals surface area (Å²) in [6, 6.07) is 25.6. The third kappa shape index (κ3) is 6.90. The molecular formula is C34H38ClN7O2. The average Bonchev–Trinajstić information content (AvgIpc) is 3.05. The van der Waals surface area contributed by atoms with Crippen molar-refractivity contribution >= 4 is 34.7 Å². The number of rotatable bonds is 7. The molecule has 0 aliphatic carbocycles. The van der Waals surface area contributed by atoms with Gasteiger partial charge in [-0.15, -0.1) is 0 Å². The van der Waals surface area contributed by atoms with Gasteiger partial charge in [0.1, 0.15) is 5.69 Å². The largest absolute Gasteiger partial charge is 0.376 e. The molecule has 10 heteroatoms. The Labute approximate surface area is 263 Å². The van der Waals surface area contributed by atoms with Gasteiger partial charge in [-0.25, -0.2) is 4.79 Å². The number of likely N-dealkylation sites (tertiary alicyclic amines) is 1. The number of anilines is 3. The summed E-state index contributed by atoms with van der Waals surface area (Å²) in [7, 11) is 0. The smallest absolute Gasteiger partial charge is 0.321 e. The lowest BCUT2D eigenvalue weighted by Gasteiger charge is -2.37. The maximum absolute atomic E-state index is 14.0. The van der Waals surface area contributed by atoms with E-state index in [9.17, 15) is 9.59 Å². The zero-order chi connectivity index (χ0) is 30.5. The highest BCUT2D eigenvalue weighted by Crippen LogP contribution is 2.27. The first-order valence-electron chi connectivity index (χ1n) is 15.2. The summed E-state index contributed by atoms with van der Waals surface area (Å²) in [5, 5.41) is 11.8. The van der Waals surface area contributed by atoms with Crippen LogP contribution in [0.25, 0.3) is 5.69 Å². The topological polar surface area (TPSA) is 85.7 Å². The number of piperazine rings is 1. The van der Waals surface area contributed by atoms with Gasteiger partial charge >= 0.3 is 6.03 Å². The summed E-state index contributed by atoms with van der Waals surface area (Å²) < 4.78 is 1.47. The van der Waals surface area contributed by atoms with E-state index < -0.39 is 0 Å². The van der Waals surface area contributed by atoms with Gasteiger partial charge in [0.2, 0.25) is 0 Å². The minimum Gasteiger partial charge on any atom is -0.376 e. The van der Waals surface area contributed by atoms with Gasteiger partial charge in [0.15, 0.2) is 0 Å². The van der Waals surface area contributed by atoms with Crippen LogP contribution in [-0.2, 0) is 6.54 Å². The molecule has 228 valence electrons. The van der Waals surface area contributed by atoms with Gasteiger partial charge in [-0.05, 0) is 55.2 Å². The molecule has 4 aromatic rings. The Hall–Kier alpha value is -4.34. The number of para-hydroxylation sites is 1. The Kier molecular flexibility index (Phi) is 9.14. The summed E-state index contributed by atoms with van der Waals surface area (Å²) in [5.74, 6) is 0. The van der Waals surface area contributed by atoms with Gasteiger partial charge in [0.25, 0.3) is 5.56 Å². The van der Waals surface area contributed by atoms with Gasteiger partial charge in [-0.1, -0.05) is 66.2 Å². The Morgan fingerprint density at radius 2 is 1.59 bits per heavy atom. The number of hydrogen-bond acceptors (Lipinski definition) is 6. The van der Waals surface area contributed by atoms with E-state index in [4.69, 9.17) is 11.6 Å². The second kappa shape index (κ2) is 13.5.